The van der Waals surface area contributed by atoms with Crippen LogP contribution in [0, 0.1) is 0 Å². The van der Waals surface area contributed by atoms with Gasteiger partial charge in [-0.25, -0.2) is 9.78 Å². The molecule has 0 aliphatic carbocycles. The number of fused-ring (bicyclic) bond motifs is 1. The molecule has 2 aromatic rings. The monoisotopic (exact) mass is 190 g/mol. The number of rotatable bonds is 3. The molecule has 2 heterocycles. The van der Waals surface area contributed by atoms with Gasteiger partial charge in [0.1, 0.15) is 5.52 Å². The maximum Gasteiger partial charge on any atom is 0.421 e. The summed E-state index contributed by atoms with van der Waals surface area (Å²) in [5, 5.41) is 0. The van der Waals surface area contributed by atoms with Gasteiger partial charge in [-0.1, -0.05) is 6.08 Å². The van der Waals surface area contributed by atoms with Crippen molar-refractivity contribution in [1.82, 2.24) is 9.55 Å². The molecule has 0 saturated heterocycles. The summed E-state index contributed by atoms with van der Waals surface area (Å²) in [7, 11) is 0. The first kappa shape index (κ1) is 8.74. The Morgan fingerprint density at radius 1 is 1.64 bits per heavy atom. The highest BCUT2D eigenvalue weighted by molar-refractivity contribution is 5.67. The minimum absolute atomic E-state index is 0.361. The zero-order chi connectivity index (χ0) is 9.97. The van der Waals surface area contributed by atoms with Crippen molar-refractivity contribution in [1.29, 1.82) is 0 Å². The molecule has 0 radical (unpaired) electrons. The first-order chi connectivity index (χ1) is 6.83. The van der Waals surface area contributed by atoms with Gasteiger partial charge in [0.05, 0.1) is 0 Å². The van der Waals surface area contributed by atoms with E-state index >= 15 is 0 Å². The summed E-state index contributed by atoms with van der Waals surface area (Å²) in [5.41, 5.74) is 1.13. The number of aromatic nitrogens is 2. The summed E-state index contributed by atoms with van der Waals surface area (Å²) in [4.78, 5) is 15.3. The Morgan fingerprint density at radius 2 is 2.50 bits per heavy atom. The van der Waals surface area contributed by atoms with Crippen LogP contribution in [-0.2, 0) is 6.54 Å². The van der Waals surface area contributed by atoms with Gasteiger partial charge in [0.15, 0.2) is 0 Å². The Bertz CT molecular complexity index is 510. The molecule has 0 atom stereocenters. The predicted molar refractivity (Wildman–Crippen MR) is 53.1 cm³/mol. The van der Waals surface area contributed by atoms with E-state index in [-0.39, 0.29) is 5.76 Å². The van der Waals surface area contributed by atoms with Crippen molar-refractivity contribution in [2.75, 3.05) is 0 Å². The standard InChI is InChI=1S/C10H10N2O2/c1-2-3-7-12-8-5-4-6-11-9(8)14-10(12)13/h2,4-6H,1,3,7H2. The van der Waals surface area contributed by atoms with Crippen LogP contribution in [-0.4, -0.2) is 9.55 Å². The third kappa shape index (κ3) is 1.35. The molecule has 0 N–H and O–H groups in total. The Labute approximate surface area is 80.5 Å². The molecule has 0 bridgehead atoms. The molecule has 0 fully saturated rings. The maximum absolute atomic E-state index is 11.4. The Hall–Kier alpha value is -1.84. The van der Waals surface area contributed by atoms with E-state index in [0.717, 1.165) is 11.9 Å². The highest BCUT2D eigenvalue weighted by atomic mass is 16.4. The van der Waals surface area contributed by atoms with Crippen LogP contribution in [0.2, 0.25) is 0 Å². The minimum atomic E-state index is -0.361. The Kier molecular flexibility index (Phi) is 2.18. The molecule has 0 unspecified atom stereocenters. The van der Waals surface area contributed by atoms with E-state index in [1.54, 1.807) is 22.9 Å². The lowest BCUT2D eigenvalue weighted by Gasteiger charge is -1.96. The molecule has 2 aromatic heterocycles. The SMILES string of the molecule is C=CCCn1c(=O)oc2ncccc21. The van der Waals surface area contributed by atoms with Crippen LogP contribution in [0.25, 0.3) is 11.2 Å². The molecule has 0 amide bonds. The number of hydrogen-bond donors (Lipinski definition) is 0. The number of allylic oxidation sites excluding steroid dienone is 1. The summed E-state index contributed by atoms with van der Waals surface area (Å²) >= 11 is 0. The summed E-state index contributed by atoms with van der Waals surface area (Å²) in [5.74, 6) is -0.361. The first-order valence-electron chi connectivity index (χ1n) is 4.38. The average Bonchev–Trinajstić information content (AvgIpc) is 2.51. The number of nitrogens with zero attached hydrogens (tertiary/aromatic N) is 2. The van der Waals surface area contributed by atoms with E-state index in [1.165, 1.54) is 0 Å². The quantitative estimate of drug-likeness (QED) is 0.690. The van der Waals surface area contributed by atoms with E-state index in [4.69, 9.17) is 4.42 Å². The fraction of sp³-hybridized carbons (Fsp3) is 0.200. The van der Waals surface area contributed by atoms with E-state index in [0.29, 0.717) is 12.3 Å². The highest BCUT2D eigenvalue weighted by Gasteiger charge is 2.07. The zero-order valence-corrected chi connectivity index (χ0v) is 7.64. The summed E-state index contributed by atoms with van der Waals surface area (Å²) in [6, 6.07) is 3.60. The minimum Gasteiger partial charge on any atom is -0.389 e. The fourth-order valence-electron chi connectivity index (χ4n) is 1.33. The predicted octanol–water partition coefficient (Wildman–Crippen LogP) is 1.57. The average molecular weight is 190 g/mol. The lowest BCUT2D eigenvalue weighted by atomic mass is 10.4. The topological polar surface area (TPSA) is 48.0 Å². The third-order valence-electron chi connectivity index (χ3n) is 2.00. The smallest absolute Gasteiger partial charge is 0.389 e. The molecule has 0 spiro atoms. The molecule has 4 heteroatoms. The van der Waals surface area contributed by atoms with Crippen LogP contribution in [0.1, 0.15) is 6.42 Å². The van der Waals surface area contributed by atoms with Crippen molar-refractivity contribution in [2.45, 2.75) is 13.0 Å². The molecular formula is C10H10N2O2. The molecule has 0 aliphatic rings. The second-order valence-electron chi connectivity index (χ2n) is 2.92. The zero-order valence-electron chi connectivity index (χ0n) is 7.64. The van der Waals surface area contributed by atoms with Crippen molar-refractivity contribution in [2.24, 2.45) is 0 Å². The Balaban J connectivity index is 2.56. The molecule has 14 heavy (non-hydrogen) atoms. The second-order valence-corrected chi connectivity index (χ2v) is 2.92. The van der Waals surface area contributed by atoms with E-state index < -0.39 is 0 Å². The normalized spacial score (nSPS) is 10.6. The van der Waals surface area contributed by atoms with Gasteiger partial charge in [0.25, 0.3) is 0 Å². The van der Waals surface area contributed by atoms with Crippen molar-refractivity contribution in [3.8, 4) is 0 Å². The first-order valence-corrected chi connectivity index (χ1v) is 4.38. The van der Waals surface area contributed by atoms with E-state index in [2.05, 4.69) is 11.6 Å². The molecule has 0 aliphatic heterocycles. The van der Waals surface area contributed by atoms with Gasteiger partial charge in [0.2, 0.25) is 5.71 Å². The van der Waals surface area contributed by atoms with Crippen molar-refractivity contribution >= 4 is 11.2 Å². The molecule has 72 valence electrons. The number of aryl methyl sites for hydroxylation is 1. The Morgan fingerprint density at radius 3 is 3.29 bits per heavy atom. The van der Waals surface area contributed by atoms with Crippen LogP contribution in [0.3, 0.4) is 0 Å². The van der Waals surface area contributed by atoms with Gasteiger partial charge in [0, 0.05) is 12.7 Å². The van der Waals surface area contributed by atoms with Crippen molar-refractivity contribution in [3.63, 3.8) is 0 Å². The van der Waals surface area contributed by atoms with Crippen LogP contribution in [0.15, 0.2) is 40.2 Å². The van der Waals surface area contributed by atoms with Gasteiger partial charge in [-0.3, -0.25) is 4.57 Å². The van der Waals surface area contributed by atoms with Crippen LogP contribution >= 0.6 is 0 Å². The number of pyridine rings is 1. The summed E-state index contributed by atoms with van der Waals surface area (Å²) < 4.78 is 6.52. The van der Waals surface area contributed by atoms with Gasteiger partial charge in [-0.05, 0) is 18.6 Å². The molecule has 2 rings (SSSR count). The third-order valence-corrected chi connectivity index (χ3v) is 2.00. The lowest BCUT2D eigenvalue weighted by molar-refractivity contribution is 0.501. The maximum atomic E-state index is 11.4. The second kappa shape index (κ2) is 3.49. The van der Waals surface area contributed by atoms with Crippen molar-refractivity contribution < 1.29 is 4.42 Å². The lowest BCUT2D eigenvalue weighted by Crippen LogP contribution is -2.13. The summed E-state index contributed by atoms with van der Waals surface area (Å²) in [6.07, 6.45) is 4.11. The number of hydrogen-bond acceptors (Lipinski definition) is 3. The van der Waals surface area contributed by atoms with Crippen LogP contribution in [0.4, 0.5) is 0 Å². The number of oxazole rings is 1. The van der Waals surface area contributed by atoms with E-state index in [9.17, 15) is 4.79 Å². The van der Waals surface area contributed by atoms with E-state index in [1.807, 2.05) is 6.07 Å². The van der Waals surface area contributed by atoms with Crippen molar-refractivity contribution in [3.05, 3.63) is 41.5 Å². The molecule has 0 saturated carbocycles. The van der Waals surface area contributed by atoms with Crippen LogP contribution < -0.4 is 5.76 Å². The van der Waals surface area contributed by atoms with Gasteiger partial charge in [-0.15, -0.1) is 6.58 Å². The fourth-order valence-corrected chi connectivity index (χ4v) is 1.33. The molecule has 0 aromatic carbocycles. The van der Waals surface area contributed by atoms with Gasteiger partial charge < -0.3 is 4.42 Å². The van der Waals surface area contributed by atoms with Gasteiger partial charge in [-0.2, -0.15) is 0 Å². The molecular weight excluding hydrogens is 180 g/mol. The summed E-state index contributed by atoms with van der Waals surface area (Å²) in [6.45, 7) is 4.19. The largest absolute Gasteiger partial charge is 0.421 e. The highest BCUT2D eigenvalue weighted by Crippen LogP contribution is 2.08. The van der Waals surface area contributed by atoms with Crippen LogP contribution in [0.5, 0.6) is 0 Å². The molecule has 4 nitrogen and oxygen atoms in total. The van der Waals surface area contributed by atoms with Gasteiger partial charge >= 0.3 is 5.76 Å².